The second kappa shape index (κ2) is 5.74. The normalized spacial score (nSPS) is 23.2. The number of carbonyl (C=O) groups excluding carboxylic acids is 1. The van der Waals surface area contributed by atoms with Crippen LogP contribution in [0.5, 0.6) is 0 Å². The van der Waals surface area contributed by atoms with Gasteiger partial charge in [-0.3, -0.25) is 4.79 Å². The number of aliphatic hydroxyl groups is 1. The van der Waals surface area contributed by atoms with Crippen molar-refractivity contribution in [3.8, 4) is 0 Å². The minimum absolute atomic E-state index is 0.0292. The molecule has 1 amide bonds. The van der Waals surface area contributed by atoms with Crippen molar-refractivity contribution in [1.82, 2.24) is 4.90 Å². The summed E-state index contributed by atoms with van der Waals surface area (Å²) in [6.07, 6.45) is 3.46. The molecule has 19 heavy (non-hydrogen) atoms. The molecule has 0 heterocycles. The number of amides is 1. The van der Waals surface area contributed by atoms with Crippen LogP contribution in [0.25, 0.3) is 0 Å². The Balaban J connectivity index is 2.23. The van der Waals surface area contributed by atoms with Crippen LogP contribution < -0.4 is 0 Å². The third kappa shape index (κ3) is 2.81. The van der Waals surface area contributed by atoms with E-state index in [-0.39, 0.29) is 18.1 Å². The van der Waals surface area contributed by atoms with E-state index < -0.39 is 0 Å². The van der Waals surface area contributed by atoms with Gasteiger partial charge in [0.25, 0.3) is 5.91 Å². The molecule has 3 nitrogen and oxygen atoms in total. The molecule has 0 saturated heterocycles. The molecule has 0 radical (unpaired) electrons. The molecule has 2 unspecified atom stereocenters. The molecule has 0 aromatic heterocycles. The number of aryl methyl sites for hydroxylation is 2. The van der Waals surface area contributed by atoms with Gasteiger partial charge in [0.15, 0.2) is 0 Å². The van der Waals surface area contributed by atoms with E-state index in [0.717, 1.165) is 42.4 Å². The number of benzene rings is 1. The van der Waals surface area contributed by atoms with Gasteiger partial charge in [-0.1, -0.05) is 31.0 Å². The SMILES string of the molecule is Cc1cccc(C)c1C(=O)N(C)C1CCCCC1O. The summed E-state index contributed by atoms with van der Waals surface area (Å²) in [5, 5.41) is 10.1. The minimum Gasteiger partial charge on any atom is -0.391 e. The molecule has 104 valence electrons. The largest absolute Gasteiger partial charge is 0.391 e. The molecule has 1 aromatic carbocycles. The maximum atomic E-state index is 12.6. The molecule has 0 spiro atoms. The highest BCUT2D eigenvalue weighted by molar-refractivity contribution is 5.97. The van der Waals surface area contributed by atoms with E-state index in [1.54, 1.807) is 4.90 Å². The van der Waals surface area contributed by atoms with E-state index in [2.05, 4.69) is 0 Å². The van der Waals surface area contributed by atoms with Crippen LogP contribution in [0.4, 0.5) is 0 Å². The van der Waals surface area contributed by atoms with Gasteiger partial charge in [-0.25, -0.2) is 0 Å². The lowest BCUT2D eigenvalue weighted by Gasteiger charge is -2.35. The number of hydrogen-bond acceptors (Lipinski definition) is 2. The van der Waals surface area contributed by atoms with E-state index >= 15 is 0 Å². The number of hydrogen-bond donors (Lipinski definition) is 1. The second-order valence-corrected chi connectivity index (χ2v) is 5.60. The third-order valence-corrected chi connectivity index (χ3v) is 4.21. The van der Waals surface area contributed by atoms with Crippen molar-refractivity contribution in [2.75, 3.05) is 7.05 Å². The fourth-order valence-electron chi connectivity index (χ4n) is 3.02. The Morgan fingerprint density at radius 3 is 2.37 bits per heavy atom. The van der Waals surface area contributed by atoms with Crippen LogP contribution in [0.2, 0.25) is 0 Å². The van der Waals surface area contributed by atoms with Crippen molar-refractivity contribution in [2.24, 2.45) is 0 Å². The van der Waals surface area contributed by atoms with Crippen molar-refractivity contribution in [2.45, 2.75) is 51.7 Å². The lowest BCUT2D eigenvalue weighted by Crippen LogP contribution is -2.46. The van der Waals surface area contributed by atoms with Gasteiger partial charge in [0.1, 0.15) is 0 Å². The van der Waals surface area contributed by atoms with Crippen LogP contribution in [-0.4, -0.2) is 35.1 Å². The summed E-state index contributed by atoms with van der Waals surface area (Å²) in [4.78, 5) is 14.4. The molecule has 1 N–H and O–H groups in total. The Labute approximate surface area is 115 Å². The fraction of sp³-hybridized carbons (Fsp3) is 0.562. The summed E-state index contributed by atoms with van der Waals surface area (Å²) in [5.41, 5.74) is 2.78. The van der Waals surface area contributed by atoms with Gasteiger partial charge >= 0.3 is 0 Å². The van der Waals surface area contributed by atoms with Crippen molar-refractivity contribution in [3.05, 3.63) is 34.9 Å². The van der Waals surface area contributed by atoms with Crippen LogP contribution in [-0.2, 0) is 0 Å². The zero-order valence-corrected chi connectivity index (χ0v) is 12.0. The molecule has 1 saturated carbocycles. The summed E-state index contributed by atoms with van der Waals surface area (Å²) < 4.78 is 0. The number of nitrogens with zero attached hydrogens (tertiary/aromatic N) is 1. The Morgan fingerprint density at radius 1 is 1.21 bits per heavy atom. The third-order valence-electron chi connectivity index (χ3n) is 4.21. The number of likely N-dealkylation sites (N-methyl/N-ethyl adjacent to an activating group) is 1. The number of carbonyl (C=O) groups is 1. The van der Waals surface area contributed by atoms with Crippen LogP contribution >= 0.6 is 0 Å². The zero-order valence-electron chi connectivity index (χ0n) is 12.0. The highest BCUT2D eigenvalue weighted by atomic mass is 16.3. The molecule has 1 fully saturated rings. The van der Waals surface area contributed by atoms with E-state index in [1.807, 2.05) is 39.1 Å². The molecule has 1 aromatic rings. The quantitative estimate of drug-likeness (QED) is 0.889. The van der Waals surface area contributed by atoms with Crippen molar-refractivity contribution in [1.29, 1.82) is 0 Å². The van der Waals surface area contributed by atoms with Crippen LogP contribution in [0, 0.1) is 13.8 Å². The summed E-state index contributed by atoms with van der Waals surface area (Å²) in [6, 6.07) is 5.86. The highest BCUT2D eigenvalue weighted by Crippen LogP contribution is 2.25. The van der Waals surface area contributed by atoms with E-state index in [0.29, 0.717) is 0 Å². The standard InChI is InChI=1S/C16H23NO2/c1-11-7-6-8-12(2)15(11)16(19)17(3)13-9-4-5-10-14(13)18/h6-8,13-14,18H,4-5,9-10H2,1-3H3. The van der Waals surface area contributed by atoms with E-state index in [1.165, 1.54) is 0 Å². The van der Waals surface area contributed by atoms with Crippen molar-refractivity contribution >= 4 is 5.91 Å². The van der Waals surface area contributed by atoms with E-state index in [4.69, 9.17) is 0 Å². The lowest BCUT2D eigenvalue weighted by molar-refractivity contribution is 0.0267. The van der Waals surface area contributed by atoms with Gasteiger partial charge in [-0.15, -0.1) is 0 Å². The molecular formula is C16H23NO2. The number of rotatable bonds is 2. The maximum Gasteiger partial charge on any atom is 0.254 e. The number of aliphatic hydroxyl groups excluding tert-OH is 1. The predicted octanol–water partition coefficient (Wildman–Crippen LogP) is 2.68. The van der Waals surface area contributed by atoms with Crippen LogP contribution in [0.15, 0.2) is 18.2 Å². The van der Waals surface area contributed by atoms with Crippen LogP contribution in [0.3, 0.4) is 0 Å². The monoisotopic (exact) mass is 261 g/mol. The first kappa shape index (κ1) is 14.1. The van der Waals surface area contributed by atoms with Crippen molar-refractivity contribution < 1.29 is 9.90 Å². The molecule has 0 aliphatic heterocycles. The van der Waals surface area contributed by atoms with Gasteiger partial charge in [0.05, 0.1) is 12.1 Å². The summed E-state index contributed by atoms with van der Waals surface area (Å²) in [7, 11) is 1.81. The van der Waals surface area contributed by atoms with Gasteiger partial charge in [0, 0.05) is 12.6 Å². The van der Waals surface area contributed by atoms with Gasteiger partial charge in [-0.2, -0.15) is 0 Å². The van der Waals surface area contributed by atoms with Crippen LogP contribution in [0.1, 0.15) is 47.2 Å². The minimum atomic E-state index is -0.382. The first-order valence-corrected chi connectivity index (χ1v) is 7.04. The Kier molecular flexibility index (Phi) is 4.25. The average molecular weight is 261 g/mol. The molecule has 2 atom stereocenters. The Hall–Kier alpha value is -1.35. The Morgan fingerprint density at radius 2 is 1.79 bits per heavy atom. The average Bonchev–Trinajstić information content (AvgIpc) is 2.38. The smallest absolute Gasteiger partial charge is 0.254 e. The molecule has 1 aliphatic rings. The van der Waals surface area contributed by atoms with Gasteiger partial charge < -0.3 is 10.0 Å². The second-order valence-electron chi connectivity index (χ2n) is 5.60. The summed E-state index contributed by atoms with van der Waals surface area (Å²) in [5.74, 6) is 0.0292. The Bertz CT molecular complexity index is 450. The first-order chi connectivity index (χ1) is 9.02. The van der Waals surface area contributed by atoms with Crippen molar-refractivity contribution in [3.63, 3.8) is 0 Å². The molecular weight excluding hydrogens is 238 g/mol. The highest BCUT2D eigenvalue weighted by Gasteiger charge is 2.30. The molecule has 2 rings (SSSR count). The summed E-state index contributed by atoms with van der Waals surface area (Å²) >= 11 is 0. The lowest BCUT2D eigenvalue weighted by atomic mass is 9.90. The molecule has 1 aliphatic carbocycles. The topological polar surface area (TPSA) is 40.5 Å². The predicted molar refractivity (Wildman–Crippen MR) is 76.3 cm³/mol. The maximum absolute atomic E-state index is 12.6. The summed E-state index contributed by atoms with van der Waals surface area (Å²) in [6.45, 7) is 3.93. The fourth-order valence-corrected chi connectivity index (χ4v) is 3.02. The first-order valence-electron chi connectivity index (χ1n) is 7.04. The van der Waals surface area contributed by atoms with Gasteiger partial charge in [0.2, 0.25) is 0 Å². The molecule has 3 heteroatoms. The van der Waals surface area contributed by atoms with Gasteiger partial charge in [-0.05, 0) is 37.8 Å². The van der Waals surface area contributed by atoms with E-state index in [9.17, 15) is 9.90 Å². The zero-order chi connectivity index (χ0) is 14.0. The molecule has 0 bridgehead atoms.